The molecule has 3 N–H and O–H groups in total. The fourth-order valence-electron chi connectivity index (χ4n) is 2.90. The van der Waals surface area contributed by atoms with Crippen molar-refractivity contribution >= 4 is 11.8 Å². The van der Waals surface area contributed by atoms with Crippen molar-refractivity contribution in [1.82, 2.24) is 10.2 Å². The van der Waals surface area contributed by atoms with Gasteiger partial charge in [-0.05, 0) is 31.0 Å². The van der Waals surface area contributed by atoms with Crippen LogP contribution in [0.4, 0.5) is 8.78 Å². The molecule has 1 aromatic carbocycles. The Morgan fingerprint density at radius 1 is 1.38 bits per heavy atom. The van der Waals surface area contributed by atoms with Crippen LogP contribution in [0.3, 0.4) is 0 Å². The molecule has 0 radical (unpaired) electrons. The number of nitrogens with zero attached hydrogens (tertiary/aromatic N) is 1. The maximum absolute atomic E-state index is 12.7. The summed E-state index contributed by atoms with van der Waals surface area (Å²) >= 11 is 0. The lowest BCUT2D eigenvalue weighted by molar-refractivity contribution is -0.126. The summed E-state index contributed by atoms with van der Waals surface area (Å²) in [5, 5.41) is 2.73. The number of nitrogens with one attached hydrogen (secondary N) is 1. The van der Waals surface area contributed by atoms with Gasteiger partial charge in [-0.2, -0.15) is 8.78 Å². The molecular weight excluding hydrogens is 348 g/mol. The highest BCUT2D eigenvalue weighted by Crippen LogP contribution is 2.30. The fourth-order valence-corrected chi connectivity index (χ4v) is 2.90. The van der Waals surface area contributed by atoms with Gasteiger partial charge >= 0.3 is 6.61 Å². The first kappa shape index (κ1) is 19.9. The second kappa shape index (κ2) is 9.33. The Labute approximate surface area is 150 Å². The molecule has 26 heavy (non-hydrogen) atoms. The van der Waals surface area contributed by atoms with Gasteiger partial charge in [-0.25, -0.2) is 0 Å². The Morgan fingerprint density at radius 2 is 2.15 bits per heavy atom. The average molecular weight is 371 g/mol. The summed E-state index contributed by atoms with van der Waals surface area (Å²) in [5.41, 5.74) is 5.57. The summed E-state index contributed by atoms with van der Waals surface area (Å²) in [6, 6.07) is 4.11. The summed E-state index contributed by atoms with van der Waals surface area (Å²) in [5.74, 6) is -0.885. The largest absolute Gasteiger partial charge is 0.493 e. The van der Waals surface area contributed by atoms with Gasteiger partial charge < -0.3 is 25.4 Å². The van der Waals surface area contributed by atoms with E-state index in [0.29, 0.717) is 32.5 Å². The van der Waals surface area contributed by atoms with Crippen molar-refractivity contribution in [2.75, 3.05) is 33.3 Å². The van der Waals surface area contributed by atoms with Crippen LogP contribution in [0.5, 0.6) is 11.5 Å². The van der Waals surface area contributed by atoms with E-state index < -0.39 is 6.61 Å². The van der Waals surface area contributed by atoms with Crippen LogP contribution < -0.4 is 20.5 Å². The number of carbonyl (C=O) groups excluding carboxylic acids is 2. The molecule has 1 unspecified atom stereocenters. The number of carbonyl (C=O) groups is 2. The predicted octanol–water partition coefficient (Wildman–Crippen LogP) is 1.22. The minimum absolute atomic E-state index is 0.111. The number of ether oxygens (including phenoxy) is 2. The van der Waals surface area contributed by atoms with Gasteiger partial charge in [0.15, 0.2) is 11.5 Å². The molecule has 2 rings (SSSR count). The fraction of sp³-hybridized carbons (Fsp3) is 0.529. The van der Waals surface area contributed by atoms with E-state index in [1.807, 2.05) is 0 Å². The zero-order chi connectivity index (χ0) is 19.1. The maximum atomic E-state index is 12.7. The number of halogens is 2. The van der Waals surface area contributed by atoms with Gasteiger partial charge in [0.2, 0.25) is 5.91 Å². The second-order valence-electron chi connectivity index (χ2n) is 5.91. The van der Waals surface area contributed by atoms with Crippen LogP contribution in [0.15, 0.2) is 18.2 Å². The number of likely N-dealkylation sites (tertiary alicyclic amines) is 1. The van der Waals surface area contributed by atoms with E-state index in [1.165, 1.54) is 25.3 Å². The number of rotatable bonds is 7. The minimum Gasteiger partial charge on any atom is -0.493 e. The predicted molar refractivity (Wildman–Crippen MR) is 90.3 cm³/mol. The van der Waals surface area contributed by atoms with Gasteiger partial charge in [0.1, 0.15) is 0 Å². The molecule has 1 heterocycles. The van der Waals surface area contributed by atoms with Crippen molar-refractivity contribution in [3.05, 3.63) is 23.8 Å². The second-order valence-corrected chi connectivity index (χ2v) is 5.91. The summed E-state index contributed by atoms with van der Waals surface area (Å²) in [4.78, 5) is 26.4. The van der Waals surface area contributed by atoms with E-state index >= 15 is 0 Å². The van der Waals surface area contributed by atoms with Crippen molar-refractivity contribution in [2.24, 2.45) is 11.7 Å². The SMILES string of the molecule is COc1ccc(C(=O)N2CCCC(C(=O)NCCN)C2)cc1OC(F)F. The maximum Gasteiger partial charge on any atom is 0.387 e. The van der Waals surface area contributed by atoms with Crippen LogP contribution in [0.25, 0.3) is 0 Å². The lowest BCUT2D eigenvalue weighted by atomic mass is 9.96. The summed E-state index contributed by atoms with van der Waals surface area (Å²) in [6.45, 7) is -1.53. The summed E-state index contributed by atoms with van der Waals surface area (Å²) < 4.78 is 34.5. The van der Waals surface area contributed by atoms with E-state index in [2.05, 4.69) is 10.1 Å². The molecule has 9 heteroatoms. The Bertz CT molecular complexity index is 642. The Morgan fingerprint density at radius 3 is 2.81 bits per heavy atom. The molecule has 1 aliphatic heterocycles. The molecule has 7 nitrogen and oxygen atoms in total. The third-order valence-electron chi connectivity index (χ3n) is 4.15. The smallest absolute Gasteiger partial charge is 0.387 e. The number of benzene rings is 1. The highest BCUT2D eigenvalue weighted by Gasteiger charge is 2.29. The molecule has 1 fully saturated rings. The first-order valence-corrected chi connectivity index (χ1v) is 8.36. The molecule has 1 aromatic rings. The third kappa shape index (κ3) is 5.04. The zero-order valence-corrected chi connectivity index (χ0v) is 14.5. The molecule has 0 saturated carbocycles. The zero-order valence-electron chi connectivity index (χ0n) is 14.5. The molecule has 0 aromatic heterocycles. The highest BCUT2D eigenvalue weighted by molar-refractivity contribution is 5.95. The van der Waals surface area contributed by atoms with Crippen LogP contribution in [0, 0.1) is 5.92 Å². The summed E-state index contributed by atoms with van der Waals surface area (Å²) in [6.07, 6.45) is 1.37. The van der Waals surface area contributed by atoms with E-state index in [-0.39, 0.29) is 41.3 Å². The van der Waals surface area contributed by atoms with Crippen LogP contribution >= 0.6 is 0 Å². The van der Waals surface area contributed by atoms with Crippen molar-refractivity contribution in [2.45, 2.75) is 19.5 Å². The number of alkyl halides is 2. The lowest BCUT2D eigenvalue weighted by Crippen LogP contribution is -2.46. The molecule has 144 valence electrons. The number of hydrogen-bond acceptors (Lipinski definition) is 5. The van der Waals surface area contributed by atoms with Crippen LogP contribution in [0.1, 0.15) is 23.2 Å². The molecule has 1 saturated heterocycles. The van der Waals surface area contributed by atoms with Crippen molar-refractivity contribution < 1.29 is 27.8 Å². The van der Waals surface area contributed by atoms with Gasteiger partial charge in [0.25, 0.3) is 5.91 Å². The first-order valence-electron chi connectivity index (χ1n) is 8.36. The number of nitrogens with two attached hydrogens (primary N) is 1. The number of hydrogen-bond donors (Lipinski definition) is 2. The number of methoxy groups -OCH3 is 1. The Balaban J connectivity index is 2.11. The van der Waals surface area contributed by atoms with Crippen LogP contribution in [-0.2, 0) is 4.79 Å². The molecule has 2 amide bonds. The molecule has 1 aliphatic rings. The monoisotopic (exact) mass is 371 g/mol. The van der Waals surface area contributed by atoms with Crippen molar-refractivity contribution in [3.8, 4) is 11.5 Å². The molecule has 0 aliphatic carbocycles. The van der Waals surface area contributed by atoms with Gasteiger partial charge in [0.05, 0.1) is 13.0 Å². The molecular formula is C17H23F2N3O4. The Kier molecular flexibility index (Phi) is 7.14. The molecule has 0 bridgehead atoms. The van der Waals surface area contributed by atoms with Crippen molar-refractivity contribution in [3.63, 3.8) is 0 Å². The number of piperidine rings is 1. The lowest BCUT2D eigenvalue weighted by Gasteiger charge is -2.32. The van der Waals surface area contributed by atoms with E-state index in [0.717, 1.165) is 0 Å². The standard InChI is InChI=1S/C17H23F2N3O4/c1-25-13-5-4-11(9-14(13)26-17(18)19)16(24)22-8-2-3-12(10-22)15(23)21-7-6-20/h4-5,9,12,17H,2-3,6-8,10,20H2,1H3,(H,21,23). The van der Waals surface area contributed by atoms with E-state index in [4.69, 9.17) is 10.5 Å². The van der Waals surface area contributed by atoms with Crippen molar-refractivity contribution in [1.29, 1.82) is 0 Å². The number of amides is 2. The minimum atomic E-state index is -3.03. The highest BCUT2D eigenvalue weighted by atomic mass is 19.3. The van der Waals surface area contributed by atoms with Crippen LogP contribution in [-0.4, -0.2) is 56.6 Å². The normalized spacial score (nSPS) is 17.1. The first-order chi connectivity index (χ1) is 12.5. The van der Waals surface area contributed by atoms with E-state index in [9.17, 15) is 18.4 Å². The Hall–Kier alpha value is -2.42. The quantitative estimate of drug-likeness (QED) is 0.752. The van der Waals surface area contributed by atoms with Gasteiger partial charge in [-0.3, -0.25) is 9.59 Å². The van der Waals surface area contributed by atoms with Gasteiger partial charge in [-0.1, -0.05) is 0 Å². The van der Waals surface area contributed by atoms with Crippen LogP contribution in [0.2, 0.25) is 0 Å². The molecule has 1 atom stereocenters. The topological polar surface area (TPSA) is 93.9 Å². The molecule has 0 spiro atoms. The third-order valence-corrected chi connectivity index (χ3v) is 4.15. The van der Waals surface area contributed by atoms with Gasteiger partial charge in [0, 0.05) is 31.7 Å². The van der Waals surface area contributed by atoms with Gasteiger partial charge in [-0.15, -0.1) is 0 Å². The summed E-state index contributed by atoms with van der Waals surface area (Å²) in [7, 11) is 1.32. The average Bonchev–Trinajstić information content (AvgIpc) is 2.65. The van der Waals surface area contributed by atoms with E-state index in [1.54, 1.807) is 4.90 Å².